The molecule has 0 aliphatic heterocycles. The first-order valence-electron chi connectivity index (χ1n) is 5.11. The molecule has 10 heteroatoms. The molecule has 1 heterocycles. The minimum atomic E-state index is -1.36. The summed E-state index contributed by atoms with van der Waals surface area (Å²) in [6.07, 6.45) is -0.635. The molecule has 0 aliphatic carbocycles. The van der Waals surface area contributed by atoms with Crippen molar-refractivity contribution in [3.05, 3.63) is 16.0 Å². The largest absolute Gasteiger partial charge is 0.481 e. The van der Waals surface area contributed by atoms with Gasteiger partial charge in [-0.2, -0.15) is 5.10 Å². The highest BCUT2D eigenvalue weighted by molar-refractivity contribution is 6.35. The smallest absolute Gasteiger partial charge is 0.352 e. The van der Waals surface area contributed by atoms with E-state index in [2.05, 4.69) is 25.7 Å². The van der Waals surface area contributed by atoms with Crippen LogP contribution in [0.1, 0.15) is 18.5 Å². The Morgan fingerprint density at radius 2 is 2.00 bits per heavy atom. The molecular formula is C9H11N5O5. The molecule has 0 saturated heterocycles. The van der Waals surface area contributed by atoms with Crippen LogP contribution < -0.4 is 11.0 Å². The van der Waals surface area contributed by atoms with E-state index in [4.69, 9.17) is 10.2 Å². The second-order valence-corrected chi connectivity index (χ2v) is 3.46. The molecule has 0 radical (unpaired) electrons. The normalized spacial score (nSPS) is 11.1. The molecule has 0 fully saturated rings. The van der Waals surface area contributed by atoms with Gasteiger partial charge in [-0.3, -0.25) is 14.6 Å². The maximum atomic E-state index is 11.2. The van der Waals surface area contributed by atoms with Gasteiger partial charge in [-0.1, -0.05) is 0 Å². The Labute approximate surface area is 106 Å². The Balaban J connectivity index is 2.80. The van der Waals surface area contributed by atoms with E-state index < -0.39 is 23.2 Å². The molecule has 0 amide bonds. The van der Waals surface area contributed by atoms with E-state index >= 15 is 0 Å². The summed E-state index contributed by atoms with van der Waals surface area (Å²) in [5.41, 5.74) is 1.47. The van der Waals surface area contributed by atoms with Crippen molar-refractivity contribution in [3.63, 3.8) is 0 Å². The summed E-state index contributed by atoms with van der Waals surface area (Å²) in [5, 5.41) is 27.8. The van der Waals surface area contributed by atoms with Gasteiger partial charge < -0.3 is 10.2 Å². The van der Waals surface area contributed by atoms with Gasteiger partial charge in [0.2, 0.25) is 5.95 Å². The minimum Gasteiger partial charge on any atom is -0.481 e. The van der Waals surface area contributed by atoms with E-state index in [1.54, 1.807) is 0 Å². The summed E-state index contributed by atoms with van der Waals surface area (Å²) in [6.45, 7) is 1.45. The Morgan fingerprint density at radius 3 is 2.53 bits per heavy atom. The molecule has 1 rings (SSSR count). The Hall–Kier alpha value is -2.78. The van der Waals surface area contributed by atoms with Gasteiger partial charge in [-0.05, 0) is 6.92 Å². The third-order valence-corrected chi connectivity index (χ3v) is 1.98. The number of aryl methyl sites for hydroxylation is 1. The van der Waals surface area contributed by atoms with Gasteiger partial charge in [-0.15, -0.1) is 10.2 Å². The van der Waals surface area contributed by atoms with E-state index in [0.717, 1.165) is 0 Å². The Morgan fingerprint density at radius 1 is 1.32 bits per heavy atom. The number of hydrogen-bond acceptors (Lipinski definition) is 7. The fraction of sp³-hybridized carbons (Fsp3) is 0.333. The number of carboxylic acids is 2. The van der Waals surface area contributed by atoms with Crippen LogP contribution in [0.15, 0.2) is 9.90 Å². The molecule has 1 aromatic heterocycles. The van der Waals surface area contributed by atoms with Crippen molar-refractivity contribution in [2.24, 2.45) is 5.10 Å². The average Bonchev–Trinajstić information content (AvgIpc) is 2.32. The number of hydrogen-bond donors (Lipinski definition) is 4. The standard InChI is InChI=1S/C9H11N5O5/c1-4-7(17)10-9(13-11-4)14-12-5(8(18)19)2-3-6(15)16/h2-3H2,1H3,(H,15,16)(H,18,19)(H2,10,13,14,17)/b12-5+. The van der Waals surface area contributed by atoms with E-state index in [-0.39, 0.29) is 24.5 Å². The average molecular weight is 269 g/mol. The second kappa shape index (κ2) is 6.23. The number of hydrazone groups is 1. The number of carboxylic acid groups (broad SMARTS) is 2. The summed E-state index contributed by atoms with van der Waals surface area (Å²) < 4.78 is 0. The number of aromatic nitrogens is 3. The van der Waals surface area contributed by atoms with Crippen molar-refractivity contribution in [2.75, 3.05) is 5.43 Å². The van der Waals surface area contributed by atoms with E-state index in [0.29, 0.717) is 0 Å². The molecule has 0 aliphatic rings. The lowest BCUT2D eigenvalue weighted by molar-refractivity contribution is -0.136. The molecular weight excluding hydrogens is 258 g/mol. The first kappa shape index (κ1) is 14.3. The topological polar surface area (TPSA) is 158 Å². The summed E-state index contributed by atoms with van der Waals surface area (Å²) >= 11 is 0. The maximum Gasteiger partial charge on any atom is 0.352 e. The zero-order valence-corrected chi connectivity index (χ0v) is 9.88. The monoisotopic (exact) mass is 269 g/mol. The fourth-order valence-electron chi connectivity index (χ4n) is 1.00. The van der Waals surface area contributed by atoms with Gasteiger partial charge in [0.25, 0.3) is 5.56 Å². The third-order valence-electron chi connectivity index (χ3n) is 1.98. The van der Waals surface area contributed by atoms with Crippen molar-refractivity contribution in [1.29, 1.82) is 0 Å². The van der Waals surface area contributed by atoms with Gasteiger partial charge in [0.05, 0.1) is 6.42 Å². The minimum absolute atomic E-state index is 0.135. The molecule has 1 aromatic rings. The number of anilines is 1. The lowest BCUT2D eigenvalue weighted by Gasteiger charge is -2.01. The van der Waals surface area contributed by atoms with Crippen molar-refractivity contribution in [2.45, 2.75) is 19.8 Å². The van der Waals surface area contributed by atoms with Crippen LogP contribution in [0.2, 0.25) is 0 Å². The van der Waals surface area contributed by atoms with Gasteiger partial charge >= 0.3 is 11.9 Å². The first-order valence-corrected chi connectivity index (χ1v) is 5.11. The quantitative estimate of drug-likeness (QED) is 0.385. The fourth-order valence-corrected chi connectivity index (χ4v) is 1.00. The number of nitrogens with one attached hydrogen (secondary N) is 2. The predicted octanol–water partition coefficient (Wildman–Crippen LogP) is -0.809. The van der Waals surface area contributed by atoms with E-state index in [1.807, 2.05) is 0 Å². The molecule has 4 N–H and O–H groups in total. The second-order valence-electron chi connectivity index (χ2n) is 3.46. The predicted molar refractivity (Wildman–Crippen MR) is 63.0 cm³/mol. The Kier molecular flexibility index (Phi) is 4.69. The number of H-pyrrole nitrogens is 1. The molecule has 0 saturated carbocycles. The molecule has 0 aromatic carbocycles. The number of aliphatic carboxylic acids is 2. The zero-order chi connectivity index (χ0) is 14.4. The van der Waals surface area contributed by atoms with Crippen LogP contribution in [0.5, 0.6) is 0 Å². The van der Waals surface area contributed by atoms with E-state index in [1.165, 1.54) is 6.92 Å². The number of carbonyl (C=O) groups is 2. The number of aromatic amines is 1. The summed E-state index contributed by atoms with van der Waals surface area (Å²) in [5.74, 6) is -2.64. The van der Waals surface area contributed by atoms with Crippen LogP contribution in [0.25, 0.3) is 0 Å². The molecule has 10 nitrogen and oxygen atoms in total. The highest BCUT2D eigenvalue weighted by atomic mass is 16.4. The number of rotatable bonds is 6. The van der Waals surface area contributed by atoms with Gasteiger partial charge in [0.1, 0.15) is 11.4 Å². The van der Waals surface area contributed by atoms with E-state index in [9.17, 15) is 14.4 Å². The molecule has 0 unspecified atom stereocenters. The van der Waals surface area contributed by atoms with Crippen molar-refractivity contribution < 1.29 is 19.8 Å². The molecule has 102 valence electrons. The highest BCUT2D eigenvalue weighted by Gasteiger charge is 2.12. The van der Waals surface area contributed by atoms with Crippen LogP contribution in [-0.2, 0) is 9.59 Å². The van der Waals surface area contributed by atoms with Crippen molar-refractivity contribution in [3.8, 4) is 0 Å². The van der Waals surface area contributed by atoms with Gasteiger partial charge in [0.15, 0.2) is 0 Å². The molecule has 0 spiro atoms. The SMILES string of the molecule is Cc1nnc(N/N=C(\CCC(=O)O)C(=O)O)[nH]c1=O. The molecule has 19 heavy (non-hydrogen) atoms. The summed E-state index contributed by atoms with van der Waals surface area (Å²) in [7, 11) is 0. The molecule has 0 atom stereocenters. The lowest BCUT2D eigenvalue weighted by atomic mass is 10.2. The molecule has 0 bridgehead atoms. The van der Waals surface area contributed by atoms with Crippen LogP contribution >= 0.6 is 0 Å². The maximum absolute atomic E-state index is 11.2. The van der Waals surface area contributed by atoms with Gasteiger partial charge in [0, 0.05) is 6.42 Å². The van der Waals surface area contributed by atoms with Crippen LogP contribution in [0.4, 0.5) is 5.95 Å². The van der Waals surface area contributed by atoms with Gasteiger partial charge in [-0.25, -0.2) is 10.2 Å². The summed E-state index contributed by atoms with van der Waals surface area (Å²) in [4.78, 5) is 34.6. The first-order chi connectivity index (χ1) is 8.90. The van der Waals surface area contributed by atoms with Crippen LogP contribution in [0.3, 0.4) is 0 Å². The van der Waals surface area contributed by atoms with Crippen molar-refractivity contribution in [1.82, 2.24) is 15.2 Å². The Bertz CT molecular complexity index is 579. The summed E-state index contributed by atoms with van der Waals surface area (Å²) in [6, 6.07) is 0. The zero-order valence-electron chi connectivity index (χ0n) is 9.88. The lowest BCUT2D eigenvalue weighted by Crippen LogP contribution is -2.19. The van der Waals surface area contributed by atoms with Crippen LogP contribution in [0, 0.1) is 6.92 Å². The van der Waals surface area contributed by atoms with Crippen LogP contribution in [-0.4, -0.2) is 43.0 Å². The van der Waals surface area contributed by atoms with Crippen molar-refractivity contribution >= 4 is 23.6 Å². The number of nitrogens with zero attached hydrogens (tertiary/aromatic N) is 3. The highest BCUT2D eigenvalue weighted by Crippen LogP contribution is 1.97. The third kappa shape index (κ3) is 4.53.